The minimum absolute atomic E-state index is 0.0845. The molecule has 4 nitrogen and oxygen atoms in total. The van der Waals surface area contributed by atoms with Gasteiger partial charge in [-0.05, 0) is 36.6 Å². The van der Waals surface area contributed by atoms with Gasteiger partial charge >= 0.3 is 0 Å². The molecule has 104 valence electrons. The second-order valence-electron chi connectivity index (χ2n) is 4.72. The second kappa shape index (κ2) is 6.05. The number of nitrogens with one attached hydrogen (secondary N) is 1. The van der Waals surface area contributed by atoms with Crippen LogP contribution in [0.15, 0.2) is 29.7 Å². The van der Waals surface area contributed by atoms with E-state index >= 15 is 0 Å². The number of rotatable bonds is 4. The van der Waals surface area contributed by atoms with Crippen LogP contribution in [0.1, 0.15) is 24.8 Å². The number of benzene rings is 1. The highest BCUT2D eigenvalue weighted by molar-refractivity contribution is 7.92. The SMILES string of the molecule is NC1CCCC1NS(=O)(=O)C=Cc1ccc(Cl)cc1. The number of nitrogens with two attached hydrogens (primary N) is 1. The van der Waals surface area contributed by atoms with Crippen LogP contribution in [0.3, 0.4) is 0 Å². The monoisotopic (exact) mass is 300 g/mol. The van der Waals surface area contributed by atoms with E-state index in [4.69, 9.17) is 17.3 Å². The molecule has 2 rings (SSSR count). The summed E-state index contributed by atoms with van der Waals surface area (Å²) in [7, 11) is -3.45. The molecule has 19 heavy (non-hydrogen) atoms. The summed E-state index contributed by atoms with van der Waals surface area (Å²) in [5, 5.41) is 1.79. The summed E-state index contributed by atoms with van der Waals surface area (Å²) in [5.74, 6) is 0. The van der Waals surface area contributed by atoms with E-state index in [1.807, 2.05) is 0 Å². The molecular formula is C13H17ClN2O2S. The van der Waals surface area contributed by atoms with E-state index in [9.17, 15) is 8.42 Å². The zero-order valence-corrected chi connectivity index (χ0v) is 12.0. The molecule has 0 amide bonds. The molecule has 0 radical (unpaired) electrons. The predicted molar refractivity (Wildman–Crippen MR) is 78.2 cm³/mol. The van der Waals surface area contributed by atoms with Crippen molar-refractivity contribution >= 4 is 27.7 Å². The molecule has 0 spiro atoms. The fourth-order valence-electron chi connectivity index (χ4n) is 2.13. The van der Waals surface area contributed by atoms with Gasteiger partial charge in [-0.2, -0.15) is 0 Å². The molecule has 1 aromatic rings. The molecule has 0 aromatic heterocycles. The topological polar surface area (TPSA) is 72.2 Å². The lowest BCUT2D eigenvalue weighted by Crippen LogP contribution is -2.43. The van der Waals surface area contributed by atoms with Crippen molar-refractivity contribution < 1.29 is 8.42 Å². The van der Waals surface area contributed by atoms with E-state index in [0.29, 0.717) is 5.02 Å². The van der Waals surface area contributed by atoms with Crippen LogP contribution >= 0.6 is 11.6 Å². The molecule has 0 saturated heterocycles. The Kier molecular flexibility index (Phi) is 4.62. The summed E-state index contributed by atoms with van der Waals surface area (Å²) in [6.45, 7) is 0. The molecule has 6 heteroatoms. The molecule has 1 aromatic carbocycles. The van der Waals surface area contributed by atoms with Crippen LogP contribution in [0.5, 0.6) is 0 Å². The third-order valence-electron chi connectivity index (χ3n) is 3.19. The van der Waals surface area contributed by atoms with Crippen molar-refractivity contribution in [3.05, 3.63) is 40.3 Å². The predicted octanol–water partition coefficient (Wildman–Crippen LogP) is 2.11. The first-order valence-electron chi connectivity index (χ1n) is 6.18. The van der Waals surface area contributed by atoms with Crippen LogP contribution in [0.4, 0.5) is 0 Å². The van der Waals surface area contributed by atoms with Gasteiger partial charge in [0.05, 0.1) is 0 Å². The zero-order chi connectivity index (χ0) is 13.9. The Morgan fingerprint density at radius 2 is 1.95 bits per heavy atom. The molecular weight excluding hydrogens is 284 g/mol. The first-order valence-corrected chi connectivity index (χ1v) is 8.10. The third kappa shape index (κ3) is 4.31. The van der Waals surface area contributed by atoms with Gasteiger partial charge < -0.3 is 5.73 Å². The van der Waals surface area contributed by atoms with Crippen LogP contribution in [0.25, 0.3) is 6.08 Å². The van der Waals surface area contributed by atoms with Gasteiger partial charge in [0.15, 0.2) is 0 Å². The van der Waals surface area contributed by atoms with E-state index in [-0.39, 0.29) is 12.1 Å². The van der Waals surface area contributed by atoms with Crippen LogP contribution in [-0.2, 0) is 10.0 Å². The lowest BCUT2D eigenvalue weighted by Gasteiger charge is -2.15. The average molecular weight is 301 g/mol. The van der Waals surface area contributed by atoms with Crippen molar-refractivity contribution in [3.63, 3.8) is 0 Å². The Morgan fingerprint density at radius 1 is 1.26 bits per heavy atom. The molecule has 2 atom stereocenters. The first kappa shape index (κ1) is 14.5. The number of halogens is 1. The minimum Gasteiger partial charge on any atom is -0.326 e. The molecule has 1 saturated carbocycles. The summed E-state index contributed by atoms with van der Waals surface area (Å²) in [6, 6.07) is 6.71. The average Bonchev–Trinajstić information content (AvgIpc) is 2.74. The van der Waals surface area contributed by atoms with Crippen LogP contribution in [-0.4, -0.2) is 20.5 Å². The van der Waals surface area contributed by atoms with Gasteiger partial charge in [0.1, 0.15) is 0 Å². The Morgan fingerprint density at radius 3 is 2.53 bits per heavy atom. The molecule has 1 fully saturated rings. The van der Waals surface area contributed by atoms with Gasteiger partial charge in [0.25, 0.3) is 0 Å². The van der Waals surface area contributed by atoms with E-state index in [1.54, 1.807) is 30.3 Å². The van der Waals surface area contributed by atoms with Gasteiger partial charge in [-0.15, -0.1) is 0 Å². The van der Waals surface area contributed by atoms with Crippen molar-refractivity contribution in [1.82, 2.24) is 4.72 Å². The smallest absolute Gasteiger partial charge is 0.234 e. The lowest BCUT2D eigenvalue weighted by molar-refractivity contribution is 0.528. The van der Waals surface area contributed by atoms with Gasteiger partial charge in [-0.3, -0.25) is 0 Å². The number of hydrogen-bond acceptors (Lipinski definition) is 3. The van der Waals surface area contributed by atoms with E-state index < -0.39 is 10.0 Å². The zero-order valence-electron chi connectivity index (χ0n) is 10.4. The lowest BCUT2D eigenvalue weighted by atomic mass is 10.2. The fraction of sp³-hybridized carbons (Fsp3) is 0.385. The van der Waals surface area contributed by atoms with Crippen molar-refractivity contribution in [2.45, 2.75) is 31.3 Å². The van der Waals surface area contributed by atoms with Crippen LogP contribution in [0.2, 0.25) is 5.02 Å². The molecule has 3 N–H and O–H groups in total. The summed E-state index contributed by atoms with van der Waals surface area (Å²) < 4.78 is 26.4. The highest BCUT2D eigenvalue weighted by Gasteiger charge is 2.26. The van der Waals surface area contributed by atoms with Gasteiger partial charge in [0, 0.05) is 22.5 Å². The van der Waals surface area contributed by atoms with Gasteiger partial charge in [-0.25, -0.2) is 13.1 Å². The first-order chi connectivity index (χ1) is 8.96. The molecule has 1 aliphatic carbocycles. The largest absolute Gasteiger partial charge is 0.326 e. The molecule has 0 aliphatic heterocycles. The van der Waals surface area contributed by atoms with Crippen LogP contribution in [0, 0.1) is 0 Å². The third-order valence-corrected chi connectivity index (χ3v) is 4.57. The standard InChI is InChI=1S/C13H17ClN2O2S/c14-11-6-4-10(5-7-11)8-9-19(17,18)16-13-3-1-2-12(13)15/h4-9,12-13,16H,1-3,15H2. The Balaban J connectivity index is 2.02. The van der Waals surface area contributed by atoms with Crippen molar-refractivity contribution in [2.24, 2.45) is 5.73 Å². The quantitative estimate of drug-likeness (QED) is 0.894. The molecule has 0 heterocycles. The maximum atomic E-state index is 11.9. The van der Waals surface area contributed by atoms with E-state index in [2.05, 4.69) is 4.72 Å². The maximum Gasteiger partial charge on any atom is 0.234 e. The summed E-state index contributed by atoms with van der Waals surface area (Å²) in [4.78, 5) is 0. The summed E-state index contributed by atoms with van der Waals surface area (Å²) in [6.07, 6.45) is 4.18. The minimum atomic E-state index is -3.45. The van der Waals surface area contributed by atoms with Gasteiger partial charge in [0.2, 0.25) is 10.0 Å². The summed E-state index contributed by atoms with van der Waals surface area (Å²) >= 11 is 5.76. The molecule has 0 bridgehead atoms. The second-order valence-corrected chi connectivity index (χ2v) is 6.75. The van der Waals surface area contributed by atoms with Crippen LogP contribution < -0.4 is 10.5 Å². The van der Waals surface area contributed by atoms with E-state index in [1.165, 1.54) is 5.41 Å². The fourth-order valence-corrected chi connectivity index (χ4v) is 3.38. The highest BCUT2D eigenvalue weighted by atomic mass is 35.5. The normalized spacial score (nSPS) is 24.1. The Bertz CT molecular complexity index is 555. The molecule has 2 unspecified atom stereocenters. The molecule has 1 aliphatic rings. The Hall–Kier alpha value is -0.880. The van der Waals surface area contributed by atoms with Gasteiger partial charge in [-0.1, -0.05) is 30.2 Å². The van der Waals surface area contributed by atoms with Crippen molar-refractivity contribution in [2.75, 3.05) is 0 Å². The maximum absolute atomic E-state index is 11.9. The van der Waals surface area contributed by atoms with E-state index in [0.717, 1.165) is 24.8 Å². The number of hydrogen-bond donors (Lipinski definition) is 2. The van der Waals surface area contributed by atoms with Crippen molar-refractivity contribution in [1.29, 1.82) is 0 Å². The Labute approximate surface area is 118 Å². The highest BCUT2D eigenvalue weighted by Crippen LogP contribution is 2.18. The number of sulfonamides is 1. The summed E-state index contributed by atoms with van der Waals surface area (Å²) in [5.41, 5.74) is 6.63. The van der Waals surface area contributed by atoms with Crippen molar-refractivity contribution in [3.8, 4) is 0 Å².